The van der Waals surface area contributed by atoms with E-state index < -0.39 is 0 Å². The number of aromatic nitrogens is 2. The number of anilines is 2. The molecule has 3 aromatic carbocycles. The predicted molar refractivity (Wildman–Crippen MR) is 148 cm³/mol. The minimum absolute atomic E-state index is 0.390. The summed E-state index contributed by atoms with van der Waals surface area (Å²) in [5.74, 6) is 2.62. The molecule has 0 amide bonds. The normalized spacial score (nSPS) is 17.6. The van der Waals surface area contributed by atoms with Crippen molar-refractivity contribution in [3.05, 3.63) is 90.0 Å². The summed E-state index contributed by atoms with van der Waals surface area (Å²) in [5, 5.41) is 8.45. The number of fused-ring (bicyclic) bond motifs is 1. The number of nitrogens with zero attached hydrogens (tertiary/aromatic N) is 3. The first-order valence-electron chi connectivity index (χ1n) is 12.8. The Morgan fingerprint density at radius 1 is 0.806 bits per heavy atom. The highest BCUT2D eigenvalue weighted by Gasteiger charge is 2.22. The van der Waals surface area contributed by atoms with E-state index in [0.29, 0.717) is 18.7 Å². The maximum atomic E-state index is 6.14. The average molecular weight is 482 g/mol. The van der Waals surface area contributed by atoms with Gasteiger partial charge in [0.05, 0.1) is 5.52 Å². The van der Waals surface area contributed by atoms with Crippen LogP contribution in [0.1, 0.15) is 36.8 Å². The van der Waals surface area contributed by atoms with Crippen LogP contribution in [0, 0.1) is 0 Å². The molecule has 4 aromatic rings. The summed E-state index contributed by atoms with van der Waals surface area (Å²) in [7, 11) is 4.06. The first kappa shape index (κ1) is 24.1. The van der Waals surface area contributed by atoms with Gasteiger partial charge in [0.25, 0.3) is 0 Å². The van der Waals surface area contributed by atoms with Gasteiger partial charge in [0.15, 0.2) is 0 Å². The highest BCUT2D eigenvalue weighted by Crippen LogP contribution is 2.27. The maximum absolute atomic E-state index is 6.14. The van der Waals surface area contributed by atoms with E-state index in [1.54, 1.807) is 0 Å². The number of hydrogen-bond acceptors (Lipinski definition) is 6. The van der Waals surface area contributed by atoms with Crippen LogP contribution < -0.4 is 20.3 Å². The first-order chi connectivity index (χ1) is 17.7. The second-order valence-electron chi connectivity index (χ2n) is 9.74. The highest BCUT2D eigenvalue weighted by atomic mass is 16.5. The zero-order valence-electron chi connectivity index (χ0n) is 21.2. The Bertz CT molecular complexity index is 1270. The van der Waals surface area contributed by atoms with Crippen LogP contribution in [0.4, 0.5) is 11.8 Å². The fourth-order valence-corrected chi connectivity index (χ4v) is 4.87. The van der Waals surface area contributed by atoms with Crippen LogP contribution in [0.5, 0.6) is 5.75 Å². The van der Waals surface area contributed by atoms with Gasteiger partial charge in [-0.15, -0.1) is 0 Å². The van der Waals surface area contributed by atoms with E-state index in [9.17, 15) is 0 Å². The van der Waals surface area contributed by atoms with Crippen molar-refractivity contribution in [1.82, 2.24) is 15.3 Å². The molecule has 6 heteroatoms. The topological polar surface area (TPSA) is 62.3 Å². The number of nitrogens with one attached hydrogen (secondary N) is 2. The molecule has 1 aliphatic carbocycles. The van der Waals surface area contributed by atoms with Gasteiger partial charge in [-0.3, -0.25) is 0 Å². The van der Waals surface area contributed by atoms with Crippen molar-refractivity contribution in [3.63, 3.8) is 0 Å². The fourth-order valence-electron chi connectivity index (χ4n) is 4.87. The smallest absolute Gasteiger partial charge is 0.225 e. The van der Waals surface area contributed by atoms with Gasteiger partial charge in [0, 0.05) is 43.7 Å². The quantitative estimate of drug-likeness (QED) is 0.316. The molecule has 5 rings (SSSR count). The van der Waals surface area contributed by atoms with E-state index in [1.165, 1.54) is 11.1 Å². The lowest BCUT2D eigenvalue weighted by atomic mass is 9.91. The molecule has 1 aliphatic rings. The third-order valence-electron chi connectivity index (χ3n) is 6.86. The largest absolute Gasteiger partial charge is 0.489 e. The third-order valence-corrected chi connectivity index (χ3v) is 6.86. The van der Waals surface area contributed by atoms with Crippen LogP contribution in [-0.4, -0.2) is 36.1 Å². The molecule has 1 fully saturated rings. The minimum Gasteiger partial charge on any atom is -0.489 e. The average Bonchev–Trinajstić information content (AvgIpc) is 2.92. The lowest BCUT2D eigenvalue weighted by Gasteiger charge is -2.30. The molecule has 0 bridgehead atoms. The van der Waals surface area contributed by atoms with E-state index in [1.807, 2.05) is 50.5 Å². The Morgan fingerprint density at radius 2 is 1.50 bits per heavy atom. The maximum Gasteiger partial charge on any atom is 0.225 e. The number of hydrogen-bond donors (Lipinski definition) is 2. The van der Waals surface area contributed by atoms with Gasteiger partial charge in [0.1, 0.15) is 18.2 Å². The van der Waals surface area contributed by atoms with Crippen molar-refractivity contribution < 1.29 is 4.74 Å². The van der Waals surface area contributed by atoms with E-state index in [-0.39, 0.29) is 0 Å². The summed E-state index contributed by atoms with van der Waals surface area (Å²) >= 11 is 0. The molecule has 0 radical (unpaired) electrons. The summed E-state index contributed by atoms with van der Waals surface area (Å²) in [6.07, 6.45) is 4.44. The summed E-state index contributed by atoms with van der Waals surface area (Å²) in [6.45, 7) is 1.40. The van der Waals surface area contributed by atoms with Crippen molar-refractivity contribution >= 4 is 22.7 Å². The lowest BCUT2D eigenvalue weighted by molar-refractivity contribution is 0.299. The van der Waals surface area contributed by atoms with Gasteiger partial charge < -0.3 is 20.3 Å². The molecule has 0 unspecified atom stereocenters. The van der Waals surface area contributed by atoms with Crippen LogP contribution in [0.15, 0.2) is 78.9 Å². The molecule has 1 saturated carbocycles. The zero-order valence-corrected chi connectivity index (χ0v) is 21.2. The van der Waals surface area contributed by atoms with E-state index in [2.05, 4.69) is 58.0 Å². The standard InChI is InChI=1S/C30H35N5O/c1-35(2)29-26-13-7-8-14-27(26)33-30(34-29)32-25-18-16-24(17-19-25)31-20-23-12-6-9-15-28(23)36-21-22-10-4-3-5-11-22/h3-15,24-25,31H,16-21H2,1-2H3,(H,32,33,34). The monoisotopic (exact) mass is 481 g/mol. The number of benzene rings is 3. The number of para-hydroxylation sites is 2. The molecule has 0 spiro atoms. The molecule has 0 aliphatic heterocycles. The van der Waals surface area contributed by atoms with Crippen LogP contribution in [0.2, 0.25) is 0 Å². The zero-order chi connectivity index (χ0) is 24.7. The van der Waals surface area contributed by atoms with Gasteiger partial charge in [-0.05, 0) is 49.4 Å². The first-order valence-corrected chi connectivity index (χ1v) is 12.8. The highest BCUT2D eigenvalue weighted by molar-refractivity contribution is 5.90. The van der Waals surface area contributed by atoms with Crippen LogP contribution in [-0.2, 0) is 13.2 Å². The van der Waals surface area contributed by atoms with Gasteiger partial charge >= 0.3 is 0 Å². The summed E-state index contributed by atoms with van der Waals surface area (Å²) in [6, 6.07) is 27.7. The Balaban J connectivity index is 1.14. The van der Waals surface area contributed by atoms with E-state index >= 15 is 0 Å². The predicted octanol–water partition coefficient (Wildman–Crippen LogP) is 5.79. The van der Waals surface area contributed by atoms with Crippen LogP contribution in [0.25, 0.3) is 10.9 Å². The van der Waals surface area contributed by atoms with Crippen molar-refractivity contribution in [1.29, 1.82) is 0 Å². The number of ether oxygens (including phenoxy) is 1. The SMILES string of the molecule is CN(C)c1nc(NC2CCC(NCc3ccccc3OCc3ccccc3)CC2)nc2ccccc12. The second-order valence-corrected chi connectivity index (χ2v) is 9.74. The molecule has 36 heavy (non-hydrogen) atoms. The summed E-state index contributed by atoms with van der Waals surface area (Å²) in [4.78, 5) is 11.6. The van der Waals surface area contributed by atoms with Gasteiger partial charge in [-0.1, -0.05) is 60.7 Å². The summed E-state index contributed by atoms with van der Waals surface area (Å²) < 4.78 is 6.14. The van der Waals surface area contributed by atoms with Crippen molar-refractivity contribution in [3.8, 4) is 5.75 Å². The fraction of sp³-hybridized carbons (Fsp3) is 0.333. The molecular weight excluding hydrogens is 446 g/mol. The van der Waals surface area contributed by atoms with Crippen LogP contribution in [0.3, 0.4) is 0 Å². The number of rotatable bonds is 9. The molecule has 0 saturated heterocycles. The minimum atomic E-state index is 0.390. The Labute approximate surface area is 213 Å². The van der Waals surface area contributed by atoms with Crippen molar-refractivity contribution in [2.45, 2.75) is 50.9 Å². The molecule has 1 heterocycles. The van der Waals surface area contributed by atoms with Gasteiger partial charge in [0.2, 0.25) is 5.95 Å². The Hall–Kier alpha value is -3.64. The molecule has 6 nitrogen and oxygen atoms in total. The Kier molecular flexibility index (Phi) is 7.62. The van der Waals surface area contributed by atoms with Crippen molar-refractivity contribution in [2.75, 3.05) is 24.3 Å². The molecular formula is C30H35N5O. The molecule has 2 N–H and O–H groups in total. The van der Waals surface area contributed by atoms with Crippen LogP contribution >= 0.6 is 0 Å². The van der Waals surface area contributed by atoms with Gasteiger partial charge in [-0.2, -0.15) is 4.98 Å². The molecule has 1 aromatic heterocycles. The Morgan fingerprint density at radius 3 is 2.31 bits per heavy atom. The lowest BCUT2D eigenvalue weighted by Crippen LogP contribution is -2.37. The molecule has 0 atom stereocenters. The third kappa shape index (κ3) is 5.94. The van der Waals surface area contributed by atoms with Crippen molar-refractivity contribution in [2.24, 2.45) is 0 Å². The van der Waals surface area contributed by atoms with Gasteiger partial charge in [-0.25, -0.2) is 4.98 Å². The van der Waals surface area contributed by atoms with E-state index in [4.69, 9.17) is 14.7 Å². The summed E-state index contributed by atoms with van der Waals surface area (Å²) in [5.41, 5.74) is 3.36. The van der Waals surface area contributed by atoms with E-state index in [0.717, 1.165) is 60.6 Å². The second kappa shape index (κ2) is 11.4. The molecule has 186 valence electrons.